The van der Waals surface area contributed by atoms with Gasteiger partial charge in [0.15, 0.2) is 17.5 Å². The normalized spacial score (nSPS) is 24.8. The van der Waals surface area contributed by atoms with Crippen molar-refractivity contribution in [3.05, 3.63) is 59.4 Å². The molecule has 6 heteroatoms. The summed E-state index contributed by atoms with van der Waals surface area (Å²) in [5.74, 6) is -2.84. The van der Waals surface area contributed by atoms with Gasteiger partial charge in [0.05, 0.1) is 0 Å². The third-order valence-corrected chi connectivity index (χ3v) is 6.96. The zero-order valence-electron chi connectivity index (χ0n) is 14.7. The van der Waals surface area contributed by atoms with Crippen LogP contribution in [0.1, 0.15) is 31.1 Å². The summed E-state index contributed by atoms with van der Waals surface area (Å²) in [5.41, 5.74) is 0.257. The fourth-order valence-electron chi connectivity index (χ4n) is 3.32. The van der Waals surface area contributed by atoms with Crippen LogP contribution >= 0.6 is 11.8 Å². The van der Waals surface area contributed by atoms with E-state index in [1.807, 2.05) is 6.07 Å². The maximum atomic E-state index is 13.3. The van der Waals surface area contributed by atoms with Gasteiger partial charge in [-0.2, -0.15) is 0 Å². The van der Waals surface area contributed by atoms with Crippen molar-refractivity contribution in [1.29, 1.82) is 0 Å². The minimum absolute atomic E-state index is 0.125. The summed E-state index contributed by atoms with van der Waals surface area (Å²) >= 11 is 1.75. The van der Waals surface area contributed by atoms with Gasteiger partial charge in [-0.1, -0.05) is 26.8 Å². The molecular weight excluding hydrogens is 359 g/mol. The molecule has 1 saturated carbocycles. The molecule has 2 aromatic carbocycles. The van der Waals surface area contributed by atoms with Crippen molar-refractivity contribution in [2.75, 3.05) is 5.32 Å². The van der Waals surface area contributed by atoms with Crippen LogP contribution < -0.4 is 5.32 Å². The van der Waals surface area contributed by atoms with E-state index in [4.69, 9.17) is 0 Å². The molecule has 2 atom stereocenters. The molecule has 138 valence electrons. The van der Waals surface area contributed by atoms with Crippen molar-refractivity contribution in [3.63, 3.8) is 0 Å². The molecule has 1 N–H and O–H groups in total. The molecule has 0 spiro atoms. The highest BCUT2D eigenvalue weighted by atomic mass is 32.2. The molecule has 0 heterocycles. The summed E-state index contributed by atoms with van der Waals surface area (Å²) in [6.07, 6.45) is 0. The number of carbonyl (C=O) groups is 1. The molecule has 2 aromatic rings. The summed E-state index contributed by atoms with van der Waals surface area (Å²) in [7, 11) is 0. The van der Waals surface area contributed by atoms with Crippen LogP contribution in [0.25, 0.3) is 0 Å². The maximum Gasteiger partial charge on any atom is 0.255 e. The highest BCUT2D eigenvalue weighted by molar-refractivity contribution is 8.00. The van der Waals surface area contributed by atoms with Gasteiger partial charge in [0, 0.05) is 33.5 Å². The van der Waals surface area contributed by atoms with Crippen LogP contribution in [0.3, 0.4) is 0 Å². The average Bonchev–Trinajstić information content (AvgIpc) is 2.63. The second kappa shape index (κ2) is 7.35. The van der Waals surface area contributed by atoms with E-state index in [-0.39, 0.29) is 5.69 Å². The lowest BCUT2D eigenvalue weighted by atomic mass is 9.67. The number of amides is 1. The van der Waals surface area contributed by atoms with Crippen LogP contribution in [-0.2, 0) is 0 Å². The molecule has 0 saturated heterocycles. The Balaban J connectivity index is 1.72. The largest absolute Gasteiger partial charge is 0.322 e. The fourth-order valence-corrected chi connectivity index (χ4v) is 4.92. The number of carbonyl (C=O) groups excluding carboxylic acids is 1. The lowest BCUT2D eigenvalue weighted by molar-refractivity contribution is 0.102. The second-order valence-corrected chi connectivity index (χ2v) is 8.15. The summed E-state index contributed by atoms with van der Waals surface area (Å²) < 4.78 is 39.6. The number of thioether (sulfide) groups is 1. The number of hydrogen-bond donors (Lipinski definition) is 1. The predicted octanol–water partition coefficient (Wildman–Crippen LogP) is 5.74. The van der Waals surface area contributed by atoms with Gasteiger partial charge in [-0.3, -0.25) is 4.79 Å². The zero-order valence-corrected chi connectivity index (χ0v) is 15.5. The van der Waals surface area contributed by atoms with Gasteiger partial charge < -0.3 is 5.32 Å². The van der Waals surface area contributed by atoms with E-state index in [0.29, 0.717) is 28.6 Å². The Morgan fingerprint density at radius 2 is 1.58 bits per heavy atom. The van der Waals surface area contributed by atoms with E-state index in [1.54, 1.807) is 30.0 Å². The van der Waals surface area contributed by atoms with Gasteiger partial charge in [-0.15, -0.1) is 11.8 Å². The molecule has 2 unspecified atom stereocenters. The standard InChI is InChI=1S/C20H20F3NOS/c1-10-11(2)19(12(10)3)26-15-6-4-5-13(7-15)20(25)24-14-8-16(21)18(23)17(22)9-14/h4-12,19H,1-3H3,(H,24,25). The minimum atomic E-state index is -1.56. The molecule has 1 fully saturated rings. The van der Waals surface area contributed by atoms with E-state index in [1.165, 1.54) is 0 Å². The quantitative estimate of drug-likeness (QED) is 0.687. The Labute approximate surface area is 155 Å². The first-order valence-electron chi connectivity index (χ1n) is 8.50. The first-order valence-corrected chi connectivity index (χ1v) is 9.38. The maximum absolute atomic E-state index is 13.3. The Morgan fingerprint density at radius 1 is 0.962 bits per heavy atom. The molecule has 0 aliphatic heterocycles. The lowest BCUT2D eigenvalue weighted by Crippen LogP contribution is -2.44. The van der Waals surface area contributed by atoms with Crippen molar-refractivity contribution < 1.29 is 18.0 Å². The Hall–Kier alpha value is -1.95. The van der Waals surface area contributed by atoms with Gasteiger partial charge >= 0.3 is 0 Å². The van der Waals surface area contributed by atoms with E-state index < -0.39 is 23.4 Å². The zero-order chi connectivity index (χ0) is 19.0. The van der Waals surface area contributed by atoms with Crippen LogP contribution in [0.2, 0.25) is 0 Å². The monoisotopic (exact) mass is 379 g/mol. The van der Waals surface area contributed by atoms with Crippen LogP contribution in [0.15, 0.2) is 41.3 Å². The van der Waals surface area contributed by atoms with Gasteiger partial charge in [-0.25, -0.2) is 13.2 Å². The summed E-state index contributed by atoms with van der Waals surface area (Å²) in [5, 5.41) is 2.91. The summed E-state index contributed by atoms with van der Waals surface area (Å²) in [6, 6.07) is 8.63. The Kier molecular flexibility index (Phi) is 5.32. The van der Waals surface area contributed by atoms with Crippen molar-refractivity contribution in [2.45, 2.75) is 30.9 Å². The van der Waals surface area contributed by atoms with Crippen LogP contribution in [0.5, 0.6) is 0 Å². The first-order chi connectivity index (χ1) is 12.3. The second-order valence-electron chi connectivity index (χ2n) is 6.90. The van der Waals surface area contributed by atoms with Gasteiger partial charge in [0.2, 0.25) is 0 Å². The number of benzene rings is 2. The van der Waals surface area contributed by atoms with Crippen molar-refractivity contribution in [3.8, 4) is 0 Å². The smallest absolute Gasteiger partial charge is 0.255 e. The van der Waals surface area contributed by atoms with Gasteiger partial charge in [0.25, 0.3) is 5.91 Å². The number of hydrogen-bond acceptors (Lipinski definition) is 2. The first kappa shape index (κ1) is 18.8. The highest BCUT2D eigenvalue weighted by Gasteiger charge is 2.42. The predicted molar refractivity (Wildman–Crippen MR) is 97.8 cm³/mol. The summed E-state index contributed by atoms with van der Waals surface area (Å²) in [4.78, 5) is 13.3. The molecule has 26 heavy (non-hydrogen) atoms. The average molecular weight is 379 g/mol. The van der Waals surface area contributed by atoms with Crippen molar-refractivity contribution >= 4 is 23.4 Å². The van der Waals surface area contributed by atoms with Crippen LogP contribution in [-0.4, -0.2) is 11.2 Å². The molecule has 3 rings (SSSR count). The fraction of sp³-hybridized carbons (Fsp3) is 0.350. The number of anilines is 1. The molecular formula is C20H20F3NOS. The number of rotatable bonds is 4. The minimum Gasteiger partial charge on any atom is -0.322 e. The molecule has 0 radical (unpaired) electrons. The lowest BCUT2D eigenvalue weighted by Gasteiger charge is -2.47. The molecule has 1 amide bonds. The van der Waals surface area contributed by atoms with E-state index in [2.05, 4.69) is 26.1 Å². The molecule has 1 aliphatic rings. The third kappa shape index (κ3) is 3.61. The van der Waals surface area contributed by atoms with Gasteiger partial charge in [0.1, 0.15) is 0 Å². The van der Waals surface area contributed by atoms with E-state index in [9.17, 15) is 18.0 Å². The van der Waals surface area contributed by atoms with Crippen LogP contribution in [0, 0.1) is 35.2 Å². The number of nitrogens with one attached hydrogen (secondary N) is 1. The van der Waals surface area contributed by atoms with E-state index in [0.717, 1.165) is 17.0 Å². The SMILES string of the molecule is CC1C(C)C(Sc2cccc(C(=O)Nc3cc(F)c(F)c(F)c3)c2)C1C. The van der Waals surface area contributed by atoms with Gasteiger partial charge in [-0.05, 0) is 36.0 Å². The highest BCUT2D eigenvalue weighted by Crippen LogP contribution is 2.49. The van der Waals surface area contributed by atoms with Crippen molar-refractivity contribution in [1.82, 2.24) is 0 Å². The van der Waals surface area contributed by atoms with E-state index >= 15 is 0 Å². The topological polar surface area (TPSA) is 29.1 Å². The van der Waals surface area contributed by atoms with Crippen molar-refractivity contribution in [2.24, 2.45) is 17.8 Å². The molecule has 0 bridgehead atoms. The molecule has 2 nitrogen and oxygen atoms in total. The molecule has 0 aromatic heterocycles. The molecule has 1 aliphatic carbocycles. The third-order valence-electron chi connectivity index (χ3n) is 5.31. The summed E-state index contributed by atoms with van der Waals surface area (Å²) in [6.45, 7) is 6.71. The van der Waals surface area contributed by atoms with Crippen LogP contribution in [0.4, 0.5) is 18.9 Å². The Morgan fingerprint density at radius 3 is 2.19 bits per heavy atom. The Bertz CT molecular complexity index is 809. The number of halogens is 3.